The molecule has 15 heavy (non-hydrogen) atoms. The van der Waals surface area contributed by atoms with E-state index in [4.69, 9.17) is 7.50 Å². The molecule has 0 heterocycles. The van der Waals surface area contributed by atoms with Crippen LogP contribution in [0, 0.1) is 0 Å². The summed E-state index contributed by atoms with van der Waals surface area (Å²) in [5, 5.41) is 1.88. The number of hydrogen-bond donors (Lipinski definition) is 0. The maximum absolute atomic E-state index is 6.05. The highest BCUT2D eigenvalue weighted by molar-refractivity contribution is 14.2. The summed E-state index contributed by atoms with van der Waals surface area (Å²) < 4.78 is 12.1. The van der Waals surface area contributed by atoms with Crippen LogP contribution in [0.1, 0.15) is 0 Å². The van der Waals surface area contributed by atoms with Gasteiger partial charge in [-0.1, -0.05) is 22.6 Å². The molecule has 2 nitrogen and oxygen atoms in total. The number of halogens is 1. The first-order valence-corrected chi connectivity index (χ1v) is 14.3. The summed E-state index contributed by atoms with van der Waals surface area (Å²) in [4.78, 5) is 0. The van der Waals surface area contributed by atoms with Crippen molar-refractivity contribution in [3.63, 3.8) is 0 Å². The van der Waals surface area contributed by atoms with Gasteiger partial charge in [0.15, 0.2) is 0 Å². The van der Waals surface area contributed by atoms with Crippen LogP contribution in [0.4, 0.5) is 0 Å². The fourth-order valence-corrected chi connectivity index (χ4v) is 14.8. The second-order valence-electron chi connectivity index (χ2n) is 4.12. The van der Waals surface area contributed by atoms with E-state index in [9.17, 15) is 0 Å². The lowest BCUT2D eigenvalue weighted by Crippen LogP contribution is -2.28. The Labute approximate surface area is 110 Å². The van der Waals surface area contributed by atoms with Gasteiger partial charge in [-0.25, -0.2) is 3.63 Å². The van der Waals surface area contributed by atoms with E-state index in [2.05, 4.69) is 60.0 Å². The van der Waals surface area contributed by atoms with Gasteiger partial charge in [-0.2, -0.15) is 0 Å². The van der Waals surface area contributed by atoms with Gasteiger partial charge < -0.3 is 3.87 Å². The van der Waals surface area contributed by atoms with E-state index < -0.39 is 26.4 Å². The Hall–Kier alpha value is 1.05. The Morgan fingerprint density at radius 2 is 1.67 bits per heavy atom. The van der Waals surface area contributed by atoms with Crippen LogP contribution < -0.4 is 0 Å². The molecule has 1 unspecified atom stereocenters. The van der Waals surface area contributed by atoms with Crippen molar-refractivity contribution in [3.8, 4) is 0 Å². The largest absolute Gasteiger partial charge is 0.316 e. The SMILES string of the molecule is C=C[Si](C)(C)OS(C)(I)OS(C)(C)C=C. The first-order valence-electron chi connectivity index (χ1n) is 4.42. The summed E-state index contributed by atoms with van der Waals surface area (Å²) in [6.07, 6.45) is 6.15. The lowest BCUT2D eigenvalue weighted by Gasteiger charge is -2.44. The lowest BCUT2D eigenvalue weighted by molar-refractivity contribution is 0.559. The Morgan fingerprint density at radius 1 is 1.20 bits per heavy atom. The average Bonchev–Trinajstić information content (AvgIpc) is 2.00. The molecule has 0 radical (unpaired) electrons. The standard InChI is InChI=1S/C9H21IO2S2Si/c1-8-13(3,4)11-14(5,10)12-15(6,7)9-2/h8-9H,1-2H2,3-7H3. The van der Waals surface area contributed by atoms with Crippen LogP contribution in [0.2, 0.25) is 13.1 Å². The van der Waals surface area contributed by atoms with E-state index in [0.717, 1.165) is 0 Å². The minimum atomic E-state index is -1.78. The molecule has 0 aromatic carbocycles. The first kappa shape index (κ1) is 16.0. The molecule has 0 bridgehead atoms. The van der Waals surface area contributed by atoms with Crippen molar-refractivity contribution in [2.45, 2.75) is 13.1 Å². The predicted octanol–water partition coefficient (Wildman–Crippen LogP) is 4.69. The van der Waals surface area contributed by atoms with Crippen LogP contribution in [0.15, 0.2) is 24.3 Å². The zero-order valence-corrected chi connectivity index (χ0v) is 14.9. The second-order valence-corrected chi connectivity index (χ2v) is 18.1. The molecule has 0 fully saturated rings. The van der Waals surface area contributed by atoms with E-state index in [0.29, 0.717) is 0 Å². The van der Waals surface area contributed by atoms with Crippen molar-refractivity contribution >= 4 is 47.6 Å². The molecule has 0 amide bonds. The summed E-state index contributed by atoms with van der Waals surface area (Å²) in [5.41, 5.74) is 1.93. The van der Waals surface area contributed by atoms with Crippen molar-refractivity contribution in [1.29, 1.82) is 0 Å². The highest BCUT2D eigenvalue weighted by Crippen LogP contribution is 2.66. The van der Waals surface area contributed by atoms with Gasteiger partial charge in [-0.05, 0) is 31.0 Å². The predicted molar refractivity (Wildman–Crippen MR) is 87.0 cm³/mol. The van der Waals surface area contributed by atoms with Crippen molar-refractivity contribution in [2.75, 3.05) is 18.8 Å². The Kier molecular flexibility index (Phi) is 5.98. The van der Waals surface area contributed by atoms with Crippen LogP contribution in [-0.2, 0) is 7.50 Å². The van der Waals surface area contributed by atoms with E-state index in [1.165, 1.54) is 0 Å². The monoisotopic (exact) mass is 380 g/mol. The summed E-state index contributed by atoms with van der Waals surface area (Å²) in [6.45, 7) is 11.8. The van der Waals surface area contributed by atoms with Crippen molar-refractivity contribution in [1.82, 2.24) is 0 Å². The molecule has 92 valence electrons. The summed E-state index contributed by atoms with van der Waals surface area (Å²) in [5.74, 6) is 0. The third kappa shape index (κ3) is 7.06. The molecule has 0 aliphatic carbocycles. The second kappa shape index (κ2) is 5.59. The molecule has 0 spiro atoms. The van der Waals surface area contributed by atoms with Gasteiger partial charge in [0.1, 0.15) is 0 Å². The topological polar surface area (TPSA) is 18.5 Å². The molecule has 6 heteroatoms. The Bertz CT molecular complexity index is 230. The Morgan fingerprint density at radius 3 is 2.00 bits per heavy atom. The molecule has 0 saturated heterocycles. The summed E-state index contributed by atoms with van der Waals surface area (Å²) in [7, 11) is -4.47. The van der Waals surface area contributed by atoms with E-state index in [1.54, 1.807) is 0 Å². The molecule has 0 rings (SSSR count). The molecule has 1 atom stereocenters. The minimum Gasteiger partial charge on any atom is -0.316 e. The average molecular weight is 380 g/mol. The van der Waals surface area contributed by atoms with Crippen LogP contribution >= 0.6 is 39.3 Å². The lowest BCUT2D eigenvalue weighted by atomic mass is 11.3. The Balaban J connectivity index is 4.56. The van der Waals surface area contributed by atoms with Gasteiger partial charge in [0.2, 0.25) is 8.32 Å². The van der Waals surface area contributed by atoms with Gasteiger partial charge in [0.05, 0.1) is 21.2 Å². The maximum Gasteiger partial charge on any atom is 0.242 e. The van der Waals surface area contributed by atoms with Crippen molar-refractivity contribution in [2.24, 2.45) is 0 Å². The van der Waals surface area contributed by atoms with Crippen LogP contribution in [0.3, 0.4) is 0 Å². The smallest absolute Gasteiger partial charge is 0.242 e. The van der Waals surface area contributed by atoms with Crippen molar-refractivity contribution < 1.29 is 7.50 Å². The fraction of sp³-hybridized carbons (Fsp3) is 0.556. The zero-order valence-electron chi connectivity index (χ0n) is 10.1. The number of hydrogen-bond acceptors (Lipinski definition) is 2. The van der Waals surface area contributed by atoms with Crippen LogP contribution in [0.5, 0.6) is 0 Å². The molecular weight excluding hydrogens is 359 g/mol. The third-order valence-electron chi connectivity index (χ3n) is 1.55. The fourth-order valence-electron chi connectivity index (χ4n) is 0.773. The van der Waals surface area contributed by atoms with Gasteiger partial charge in [0.25, 0.3) is 0 Å². The van der Waals surface area contributed by atoms with E-state index in [-0.39, 0.29) is 0 Å². The molecule has 0 saturated carbocycles. The molecule has 0 N–H and O–H groups in total. The normalized spacial score (nSPS) is 20.1. The van der Waals surface area contributed by atoms with Crippen molar-refractivity contribution in [3.05, 3.63) is 24.3 Å². The van der Waals surface area contributed by atoms with Crippen LogP contribution in [-0.4, -0.2) is 27.1 Å². The maximum atomic E-state index is 6.05. The zero-order chi connectivity index (χ0) is 12.3. The van der Waals surface area contributed by atoms with Gasteiger partial charge in [0, 0.05) is 6.26 Å². The summed E-state index contributed by atoms with van der Waals surface area (Å²) in [6, 6.07) is 0. The third-order valence-corrected chi connectivity index (χ3v) is 11.6. The van der Waals surface area contributed by atoms with Gasteiger partial charge in [-0.15, -0.1) is 14.3 Å². The van der Waals surface area contributed by atoms with E-state index >= 15 is 0 Å². The van der Waals surface area contributed by atoms with Gasteiger partial charge in [-0.3, -0.25) is 0 Å². The van der Waals surface area contributed by atoms with E-state index in [1.807, 2.05) is 17.4 Å². The molecule has 0 aliphatic rings. The molecular formula is C9H21IO2S2Si. The molecule has 0 aliphatic heterocycles. The minimum absolute atomic E-state index is 1.20. The van der Waals surface area contributed by atoms with Crippen LogP contribution in [0.25, 0.3) is 0 Å². The molecule has 0 aromatic rings. The highest BCUT2D eigenvalue weighted by Gasteiger charge is 2.28. The quantitative estimate of drug-likeness (QED) is 0.492. The molecule has 0 aromatic heterocycles. The first-order chi connectivity index (χ1) is 6.54. The number of rotatable bonds is 6. The highest BCUT2D eigenvalue weighted by atomic mass is 127. The summed E-state index contributed by atoms with van der Waals surface area (Å²) >= 11 is 2.27. The van der Waals surface area contributed by atoms with Gasteiger partial charge >= 0.3 is 0 Å².